The van der Waals surface area contributed by atoms with E-state index in [2.05, 4.69) is 35.5 Å². The van der Waals surface area contributed by atoms with E-state index in [0.29, 0.717) is 5.56 Å². The van der Waals surface area contributed by atoms with Gasteiger partial charge in [0.2, 0.25) is 0 Å². The van der Waals surface area contributed by atoms with Gasteiger partial charge < -0.3 is 0 Å². The Balaban J connectivity index is 0.000000126. The number of nitrogens with zero attached hydrogens (tertiary/aromatic N) is 4. The Labute approximate surface area is 132 Å². The number of carbonyl (C=O) groups excluding carboxylic acids is 1. The molecule has 1 aromatic rings. The average molecular weight is 357 g/mol. The van der Waals surface area contributed by atoms with Gasteiger partial charge in [0.1, 0.15) is 5.82 Å². The van der Waals surface area contributed by atoms with E-state index in [1.54, 1.807) is 0 Å². The van der Waals surface area contributed by atoms with Crippen molar-refractivity contribution in [2.24, 2.45) is 0 Å². The molecule has 5 rings (SSSR count). The van der Waals surface area contributed by atoms with E-state index in [1.807, 2.05) is 0 Å². The summed E-state index contributed by atoms with van der Waals surface area (Å²) in [7, 11) is 0. The zero-order valence-electron chi connectivity index (χ0n) is 11.7. The molecule has 0 aliphatic carbocycles. The Morgan fingerprint density at radius 1 is 0.905 bits per heavy atom. The molecule has 0 atom stereocenters. The van der Waals surface area contributed by atoms with Crippen LogP contribution in [0.2, 0.25) is 0 Å². The van der Waals surface area contributed by atoms with Crippen LogP contribution in [-0.4, -0.2) is 70.7 Å². The highest BCUT2D eigenvalue weighted by molar-refractivity contribution is 9.09. The van der Waals surface area contributed by atoms with Crippen molar-refractivity contribution in [1.29, 1.82) is 0 Å². The summed E-state index contributed by atoms with van der Waals surface area (Å²) in [6.07, 6.45) is 0. The first kappa shape index (κ1) is 15.1. The summed E-state index contributed by atoms with van der Waals surface area (Å²) in [5.74, 6) is -0.360. The lowest BCUT2D eigenvalue weighted by Crippen LogP contribution is -2.71. The van der Waals surface area contributed by atoms with Crippen molar-refractivity contribution in [3.05, 3.63) is 35.6 Å². The Morgan fingerprint density at radius 3 is 1.62 bits per heavy atom. The lowest BCUT2D eigenvalue weighted by molar-refractivity contribution is -0.194. The van der Waals surface area contributed by atoms with Crippen molar-refractivity contribution < 1.29 is 9.18 Å². The van der Waals surface area contributed by atoms with Crippen LogP contribution in [0.5, 0.6) is 0 Å². The molecule has 5 nitrogen and oxygen atoms in total. The van der Waals surface area contributed by atoms with Gasteiger partial charge in [0.15, 0.2) is 5.78 Å². The molecular formula is C14H18BrFN4O. The number of rotatable bonds is 2. The minimum atomic E-state index is -0.323. The summed E-state index contributed by atoms with van der Waals surface area (Å²) in [5, 5.41) is 0.276. The van der Waals surface area contributed by atoms with Crippen LogP contribution in [0.25, 0.3) is 0 Å². The second kappa shape index (κ2) is 6.50. The third kappa shape index (κ3) is 3.67. The Bertz CT molecular complexity index is 454. The maximum Gasteiger partial charge on any atom is 0.173 e. The standard InChI is InChI=1S/C8H6BrFO.C6H12N4/c9-5-8(11)6-1-3-7(10)4-2-6;1-7-2-9-4-8(1)5-10(3-7)6-9/h1-4H,5H2;1-6H2. The van der Waals surface area contributed by atoms with Crippen LogP contribution in [0, 0.1) is 5.82 Å². The summed E-state index contributed by atoms with van der Waals surface area (Å²) in [4.78, 5) is 20.8. The summed E-state index contributed by atoms with van der Waals surface area (Å²) < 4.78 is 12.3. The molecule has 0 N–H and O–H groups in total. The van der Waals surface area contributed by atoms with Gasteiger partial charge in [-0.2, -0.15) is 0 Å². The molecule has 4 aliphatic heterocycles. The Morgan fingerprint density at radius 2 is 1.29 bits per heavy atom. The first-order valence-electron chi connectivity index (χ1n) is 6.88. The van der Waals surface area contributed by atoms with Crippen molar-refractivity contribution in [3.8, 4) is 0 Å². The van der Waals surface area contributed by atoms with Crippen LogP contribution in [-0.2, 0) is 0 Å². The number of ketones is 1. The maximum absolute atomic E-state index is 12.3. The molecule has 7 heteroatoms. The summed E-state index contributed by atoms with van der Waals surface area (Å²) >= 11 is 3.03. The molecule has 0 amide bonds. The quantitative estimate of drug-likeness (QED) is 0.590. The van der Waals surface area contributed by atoms with E-state index >= 15 is 0 Å². The van der Waals surface area contributed by atoms with Gasteiger partial charge in [-0.3, -0.25) is 24.4 Å². The molecular weight excluding hydrogens is 339 g/mol. The molecule has 4 saturated heterocycles. The third-order valence-electron chi connectivity index (χ3n) is 3.69. The second-order valence-corrected chi connectivity index (χ2v) is 6.16. The fraction of sp³-hybridized carbons (Fsp3) is 0.500. The van der Waals surface area contributed by atoms with Gasteiger partial charge in [-0.05, 0) is 24.3 Å². The molecule has 4 fully saturated rings. The predicted octanol–water partition coefficient (Wildman–Crippen LogP) is 1.38. The van der Waals surface area contributed by atoms with Crippen molar-refractivity contribution in [2.45, 2.75) is 0 Å². The Kier molecular flexibility index (Phi) is 4.66. The monoisotopic (exact) mass is 356 g/mol. The van der Waals surface area contributed by atoms with Crippen LogP contribution in [0.1, 0.15) is 10.4 Å². The highest BCUT2D eigenvalue weighted by atomic mass is 79.9. The van der Waals surface area contributed by atoms with Gasteiger partial charge in [-0.15, -0.1) is 0 Å². The number of Topliss-reactive ketones (excluding diaryl/α,β-unsaturated/α-hetero) is 1. The maximum atomic E-state index is 12.3. The molecule has 4 bridgehead atoms. The van der Waals surface area contributed by atoms with Crippen molar-refractivity contribution in [1.82, 2.24) is 19.6 Å². The van der Waals surface area contributed by atoms with Crippen molar-refractivity contribution in [2.75, 3.05) is 45.3 Å². The number of halogens is 2. The molecule has 4 heterocycles. The molecule has 0 unspecified atom stereocenters. The minimum Gasteiger partial charge on any atom is -0.293 e. The van der Waals surface area contributed by atoms with E-state index in [9.17, 15) is 9.18 Å². The van der Waals surface area contributed by atoms with Gasteiger partial charge in [-0.25, -0.2) is 4.39 Å². The van der Waals surface area contributed by atoms with Gasteiger partial charge >= 0.3 is 0 Å². The van der Waals surface area contributed by atoms with Crippen molar-refractivity contribution in [3.63, 3.8) is 0 Å². The van der Waals surface area contributed by atoms with Gasteiger partial charge in [-0.1, -0.05) is 15.9 Å². The highest BCUT2D eigenvalue weighted by Crippen LogP contribution is 2.20. The van der Waals surface area contributed by atoms with Crippen molar-refractivity contribution >= 4 is 21.7 Å². The minimum absolute atomic E-state index is 0.0370. The van der Waals surface area contributed by atoms with E-state index in [4.69, 9.17) is 0 Å². The molecule has 0 spiro atoms. The van der Waals surface area contributed by atoms with E-state index in [1.165, 1.54) is 64.3 Å². The summed E-state index contributed by atoms with van der Waals surface area (Å²) in [5.41, 5.74) is 0.531. The topological polar surface area (TPSA) is 30.0 Å². The lowest BCUT2D eigenvalue weighted by atomic mass is 10.1. The predicted molar refractivity (Wildman–Crippen MR) is 81.1 cm³/mol. The zero-order chi connectivity index (χ0) is 14.8. The van der Waals surface area contributed by atoms with Crippen LogP contribution < -0.4 is 0 Å². The summed E-state index contributed by atoms with van der Waals surface area (Å²) in [6.45, 7) is 7.12. The number of hydrogen-bond acceptors (Lipinski definition) is 5. The molecule has 1 aromatic carbocycles. The number of hydrogen-bond donors (Lipinski definition) is 0. The molecule has 0 saturated carbocycles. The molecule has 0 aromatic heterocycles. The van der Waals surface area contributed by atoms with E-state index < -0.39 is 0 Å². The van der Waals surface area contributed by atoms with E-state index in [0.717, 1.165) is 0 Å². The van der Waals surface area contributed by atoms with E-state index in [-0.39, 0.29) is 16.9 Å². The van der Waals surface area contributed by atoms with Crippen LogP contribution in [0.3, 0.4) is 0 Å². The zero-order valence-corrected chi connectivity index (χ0v) is 13.3. The lowest BCUT2D eigenvalue weighted by Gasteiger charge is -2.56. The number of benzene rings is 1. The first-order chi connectivity index (χ1) is 10.1. The molecule has 0 radical (unpaired) electrons. The average Bonchev–Trinajstić information content (AvgIpc) is 2.46. The third-order valence-corrected chi connectivity index (χ3v) is 4.20. The van der Waals surface area contributed by atoms with Gasteiger partial charge in [0.25, 0.3) is 0 Å². The first-order valence-corrected chi connectivity index (χ1v) is 8.00. The molecule has 4 aliphatic rings. The highest BCUT2D eigenvalue weighted by Gasteiger charge is 2.36. The second-order valence-electron chi connectivity index (χ2n) is 5.60. The number of carbonyl (C=O) groups is 1. The SMILES string of the molecule is C1N2CN3CN1CN(C2)C3.O=C(CBr)c1ccc(F)cc1. The largest absolute Gasteiger partial charge is 0.293 e. The Hall–Kier alpha value is -0.860. The molecule has 21 heavy (non-hydrogen) atoms. The van der Waals surface area contributed by atoms with Crippen LogP contribution in [0.15, 0.2) is 24.3 Å². The van der Waals surface area contributed by atoms with Gasteiger partial charge in [0.05, 0.1) is 45.3 Å². The fourth-order valence-electron chi connectivity index (χ4n) is 2.95. The van der Waals surface area contributed by atoms with Crippen LogP contribution >= 0.6 is 15.9 Å². The van der Waals surface area contributed by atoms with Crippen LogP contribution in [0.4, 0.5) is 4.39 Å². The van der Waals surface area contributed by atoms with Gasteiger partial charge in [0, 0.05) is 5.56 Å². The summed E-state index contributed by atoms with van der Waals surface area (Å²) in [6, 6.07) is 5.49. The smallest absolute Gasteiger partial charge is 0.173 e. The molecule has 114 valence electrons. The fourth-order valence-corrected chi connectivity index (χ4v) is 3.27. The normalized spacial score (nSPS) is 32.5. The number of alkyl halides is 1.